The summed E-state index contributed by atoms with van der Waals surface area (Å²) in [5.41, 5.74) is 0. The molecule has 1 atom stereocenters. The normalized spacial score (nSPS) is 15.4. The van der Waals surface area contributed by atoms with E-state index in [9.17, 15) is 8.42 Å². The standard InChI is InChI=1S/C4H10O4S/c1-4(5)3-8-9(2,6)7/h4-5H,3H2,1-2H3/t4-/m0/s1. The van der Waals surface area contributed by atoms with Crippen molar-refractivity contribution in [2.24, 2.45) is 0 Å². The topological polar surface area (TPSA) is 63.6 Å². The molecule has 0 bridgehead atoms. The van der Waals surface area contributed by atoms with Crippen molar-refractivity contribution in [1.29, 1.82) is 0 Å². The second-order valence-electron chi connectivity index (χ2n) is 1.84. The summed E-state index contributed by atoms with van der Waals surface area (Å²) in [5, 5.41) is 8.53. The first-order valence-electron chi connectivity index (χ1n) is 2.44. The van der Waals surface area contributed by atoms with Gasteiger partial charge >= 0.3 is 0 Å². The Kier molecular flexibility index (Phi) is 3.10. The molecule has 1 N–H and O–H groups in total. The Balaban J connectivity index is 3.53. The number of rotatable bonds is 3. The van der Waals surface area contributed by atoms with E-state index in [1.54, 1.807) is 0 Å². The van der Waals surface area contributed by atoms with Crippen LogP contribution >= 0.6 is 0 Å². The summed E-state index contributed by atoms with van der Waals surface area (Å²) in [5.74, 6) is 0. The van der Waals surface area contributed by atoms with Crippen LogP contribution in [0.2, 0.25) is 0 Å². The van der Waals surface area contributed by atoms with Crippen LogP contribution in [0, 0.1) is 0 Å². The van der Waals surface area contributed by atoms with Gasteiger partial charge in [-0.3, -0.25) is 4.18 Å². The summed E-state index contributed by atoms with van der Waals surface area (Å²) in [7, 11) is -3.38. The Morgan fingerprint density at radius 3 is 2.22 bits per heavy atom. The largest absolute Gasteiger partial charge is 0.391 e. The molecule has 0 aliphatic heterocycles. The van der Waals surface area contributed by atoms with Crippen LogP contribution in [0.1, 0.15) is 6.92 Å². The summed E-state index contributed by atoms with van der Waals surface area (Å²) < 4.78 is 24.6. The second-order valence-corrected chi connectivity index (χ2v) is 3.48. The summed E-state index contributed by atoms with van der Waals surface area (Å²) in [4.78, 5) is 0. The molecular formula is C4H10O4S. The molecule has 0 aromatic carbocycles. The molecule has 0 amide bonds. The van der Waals surface area contributed by atoms with Gasteiger partial charge in [0.2, 0.25) is 0 Å². The molecule has 5 heteroatoms. The molecule has 0 aromatic rings. The third kappa shape index (κ3) is 7.87. The lowest BCUT2D eigenvalue weighted by Gasteiger charge is -2.01. The van der Waals surface area contributed by atoms with Gasteiger partial charge in [0.1, 0.15) is 0 Å². The fourth-order valence-corrected chi connectivity index (χ4v) is 0.666. The Hall–Kier alpha value is -0.130. The number of aliphatic hydroxyl groups is 1. The molecule has 0 saturated carbocycles. The Morgan fingerprint density at radius 1 is 1.67 bits per heavy atom. The van der Waals surface area contributed by atoms with Crippen molar-refractivity contribution in [1.82, 2.24) is 0 Å². The summed E-state index contributed by atoms with van der Waals surface area (Å²) in [6.45, 7) is 1.28. The maximum Gasteiger partial charge on any atom is 0.264 e. The quantitative estimate of drug-likeness (QED) is 0.548. The molecule has 0 fully saturated rings. The summed E-state index contributed by atoms with van der Waals surface area (Å²) in [6, 6.07) is 0. The van der Waals surface area contributed by atoms with Crippen LogP contribution in [0.5, 0.6) is 0 Å². The molecule has 4 nitrogen and oxygen atoms in total. The molecule has 0 aromatic heterocycles. The van der Waals surface area contributed by atoms with Crippen LogP contribution in [0.15, 0.2) is 0 Å². The molecule has 56 valence electrons. The Morgan fingerprint density at radius 2 is 2.11 bits per heavy atom. The third-order valence-electron chi connectivity index (χ3n) is 0.523. The van der Waals surface area contributed by atoms with Crippen molar-refractivity contribution < 1.29 is 17.7 Å². The van der Waals surface area contributed by atoms with Gasteiger partial charge in [0, 0.05) is 0 Å². The van der Waals surface area contributed by atoms with E-state index in [2.05, 4.69) is 4.18 Å². The molecule has 0 radical (unpaired) electrons. The third-order valence-corrected chi connectivity index (χ3v) is 1.09. The van der Waals surface area contributed by atoms with Crippen LogP contribution in [0.3, 0.4) is 0 Å². The lowest BCUT2D eigenvalue weighted by molar-refractivity contribution is 0.126. The Labute approximate surface area is 54.6 Å². The van der Waals surface area contributed by atoms with E-state index in [4.69, 9.17) is 5.11 Å². The smallest absolute Gasteiger partial charge is 0.264 e. The molecule has 0 unspecified atom stereocenters. The first-order valence-corrected chi connectivity index (χ1v) is 4.26. The van der Waals surface area contributed by atoms with Crippen molar-refractivity contribution >= 4 is 10.1 Å². The van der Waals surface area contributed by atoms with Crippen LogP contribution < -0.4 is 0 Å². The van der Waals surface area contributed by atoms with Gasteiger partial charge in [-0.05, 0) is 6.92 Å². The minimum atomic E-state index is -3.38. The highest BCUT2D eigenvalue weighted by molar-refractivity contribution is 7.85. The lowest BCUT2D eigenvalue weighted by atomic mass is 10.5. The van der Waals surface area contributed by atoms with E-state index in [1.165, 1.54) is 6.92 Å². The van der Waals surface area contributed by atoms with Gasteiger partial charge in [-0.1, -0.05) is 0 Å². The maximum absolute atomic E-state index is 10.2. The van der Waals surface area contributed by atoms with E-state index in [0.29, 0.717) is 0 Å². The monoisotopic (exact) mass is 154 g/mol. The second kappa shape index (κ2) is 3.14. The van der Waals surface area contributed by atoms with Gasteiger partial charge in [0.05, 0.1) is 19.0 Å². The molecule has 0 aliphatic carbocycles. The number of hydrogen-bond donors (Lipinski definition) is 1. The SMILES string of the molecule is C[C@H](O)COS(C)(=O)=O. The van der Waals surface area contributed by atoms with Crippen LogP contribution in [0.25, 0.3) is 0 Å². The lowest BCUT2D eigenvalue weighted by Crippen LogP contribution is -2.14. The van der Waals surface area contributed by atoms with E-state index >= 15 is 0 Å². The fourth-order valence-electron chi connectivity index (χ4n) is 0.222. The van der Waals surface area contributed by atoms with Crippen molar-refractivity contribution in [3.63, 3.8) is 0 Å². The molecule has 0 spiro atoms. The van der Waals surface area contributed by atoms with Gasteiger partial charge in [-0.15, -0.1) is 0 Å². The highest BCUT2D eigenvalue weighted by atomic mass is 32.2. The van der Waals surface area contributed by atoms with Gasteiger partial charge in [0.15, 0.2) is 0 Å². The predicted molar refractivity (Wildman–Crippen MR) is 32.5 cm³/mol. The van der Waals surface area contributed by atoms with Crippen molar-refractivity contribution in [2.45, 2.75) is 13.0 Å². The molecule has 0 saturated heterocycles. The van der Waals surface area contributed by atoms with Crippen molar-refractivity contribution in [2.75, 3.05) is 12.9 Å². The molecular weight excluding hydrogens is 144 g/mol. The highest BCUT2D eigenvalue weighted by Crippen LogP contribution is 1.88. The predicted octanol–water partition coefficient (Wildman–Crippen LogP) is -0.657. The van der Waals surface area contributed by atoms with Gasteiger partial charge in [0.25, 0.3) is 10.1 Å². The first-order chi connectivity index (χ1) is 3.92. The Bertz CT molecular complexity index is 157. The molecule has 0 aliphatic rings. The molecule has 0 rings (SSSR count). The zero-order valence-electron chi connectivity index (χ0n) is 5.36. The summed E-state index contributed by atoms with van der Waals surface area (Å²) in [6.07, 6.45) is 0.203. The van der Waals surface area contributed by atoms with Crippen molar-refractivity contribution in [3.8, 4) is 0 Å². The average Bonchev–Trinajstić information content (AvgIpc) is 1.59. The van der Waals surface area contributed by atoms with Gasteiger partial charge in [-0.25, -0.2) is 0 Å². The zero-order valence-corrected chi connectivity index (χ0v) is 6.18. The van der Waals surface area contributed by atoms with Gasteiger partial charge < -0.3 is 5.11 Å². The zero-order chi connectivity index (χ0) is 7.49. The highest BCUT2D eigenvalue weighted by Gasteiger charge is 2.03. The maximum atomic E-state index is 10.2. The van der Waals surface area contributed by atoms with Gasteiger partial charge in [-0.2, -0.15) is 8.42 Å². The van der Waals surface area contributed by atoms with Crippen LogP contribution in [-0.4, -0.2) is 32.5 Å². The fraction of sp³-hybridized carbons (Fsp3) is 1.00. The average molecular weight is 154 g/mol. The minimum absolute atomic E-state index is 0.168. The van der Waals surface area contributed by atoms with E-state index in [-0.39, 0.29) is 6.61 Å². The number of hydrogen-bond acceptors (Lipinski definition) is 4. The number of aliphatic hydroxyl groups excluding tert-OH is 1. The molecule has 0 heterocycles. The van der Waals surface area contributed by atoms with Crippen LogP contribution in [-0.2, 0) is 14.3 Å². The van der Waals surface area contributed by atoms with E-state index < -0.39 is 16.2 Å². The van der Waals surface area contributed by atoms with Crippen molar-refractivity contribution in [3.05, 3.63) is 0 Å². The van der Waals surface area contributed by atoms with E-state index in [0.717, 1.165) is 6.26 Å². The van der Waals surface area contributed by atoms with Crippen LogP contribution in [0.4, 0.5) is 0 Å². The van der Waals surface area contributed by atoms with E-state index in [1.807, 2.05) is 0 Å². The molecule has 9 heavy (non-hydrogen) atoms. The first kappa shape index (κ1) is 8.87. The summed E-state index contributed by atoms with van der Waals surface area (Å²) >= 11 is 0. The minimum Gasteiger partial charge on any atom is -0.391 e.